The van der Waals surface area contributed by atoms with Gasteiger partial charge >= 0.3 is 0 Å². The number of nitrogens with one attached hydrogen (secondary N) is 1. The lowest BCUT2D eigenvalue weighted by Crippen LogP contribution is -2.39. The van der Waals surface area contributed by atoms with E-state index in [1.54, 1.807) is 43.3 Å². The van der Waals surface area contributed by atoms with Gasteiger partial charge in [-0.05, 0) is 73.7 Å². The molecule has 0 saturated heterocycles. The molecule has 1 N–H and O–H groups in total. The van der Waals surface area contributed by atoms with Crippen LogP contribution in [0.5, 0.6) is 5.75 Å². The van der Waals surface area contributed by atoms with Gasteiger partial charge in [0.1, 0.15) is 12.3 Å². The summed E-state index contributed by atoms with van der Waals surface area (Å²) in [5.74, 6) is 0.0522. The lowest BCUT2D eigenvalue weighted by Gasteiger charge is -2.24. The molecule has 0 unspecified atom stereocenters. The molecular formula is C29H35N3O4S. The zero-order valence-corrected chi connectivity index (χ0v) is 23.1. The van der Waals surface area contributed by atoms with Gasteiger partial charge in [-0.25, -0.2) is 13.8 Å². The second kappa shape index (κ2) is 11.6. The summed E-state index contributed by atoms with van der Waals surface area (Å²) in [6, 6.07) is 21.1. The van der Waals surface area contributed by atoms with Crippen LogP contribution < -0.4 is 14.5 Å². The second-order valence-electron chi connectivity index (χ2n) is 9.81. The maximum Gasteiger partial charge on any atom is 0.264 e. The first-order chi connectivity index (χ1) is 17.4. The van der Waals surface area contributed by atoms with E-state index in [4.69, 9.17) is 4.74 Å². The third-order valence-corrected chi connectivity index (χ3v) is 7.64. The fraction of sp³-hybridized carbons (Fsp3) is 0.310. The monoisotopic (exact) mass is 521 g/mol. The minimum atomic E-state index is -4.02. The number of carbonyl (C=O) groups is 1. The van der Waals surface area contributed by atoms with Crippen LogP contribution in [0.25, 0.3) is 0 Å². The molecule has 3 rings (SSSR count). The van der Waals surface area contributed by atoms with Gasteiger partial charge in [0, 0.05) is 0 Å². The lowest BCUT2D eigenvalue weighted by molar-refractivity contribution is -0.119. The molecule has 0 atom stereocenters. The zero-order valence-electron chi connectivity index (χ0n) is 22.3. The predicted octanol–water partition coefficient (Wildman–Crippen LogP) is 5.43. The summed E-state index contributed by atoms with van der Waals surface area (Å²) in [5.41, 5.74) is 6.49. The zero-order chi connectivity index (χ0) is 27.2. The maximum absolute atomic E-state index is 13.5. The molecule has 0 spiro atoms. The molecule has 1 amide bonds. The van der Waals surface area contributed by atoms with E-state index in [0.717, 1.165) is 15.4 Å². The first-order valence-electron chi connectivity index (χ1n) is 12.2. The molecule has 0 aliphatic rings. The van der Waals surface area contributed by atoms with Crippen molar-refractivity contribution in [3.8, 4) is 5.75 Å². The van der Waals surface area contributed by atoms with Crippen LogP contribution in [0.4, 0.5) is 5.69 Å². The number of benzene rings is 3. The van der Waals surface area contributed by atoms with Crippen molar-refractivity contribution >= 4 is 27.3 Å². The highest BCUT2D eigenvalue weighted by molar-refractivity contribution is 7.92. The molecule has 0 radical (unpaired) electrons. The quantitative estimate of drug-likeness (QED) is 0.301. The molecule has 3 aromatic carbocycles. The fourth-order valence-corrected chi connectivity index (χ4v) is 5.04. The molecule has 37 heavy (non-hydrogen) atoms. The standard InChI is InChI=1S/C29H35N3O4S/c1-7-36-26-16-14-25(15-17-26)32(37(34,35)27-18-8-21(2)9-19-27)20-28(33)31-30-22(3)23-10-12-24(13-11-23)29(4,5)6/h8-19H,7,20H2,1-6H3,(H,31,33)/b30-22-. The molecule has 0 fully saturated rings. The van der Waals surface area contributed by atoms with E-state index in [2.05, 4.69) is 31.3 Å². The molecule has 0 aliphatic carbocycles. The molecule has 0 aliphatic heterocycles. The van der Waals surface area contributed by atoms with E-state index in [-0.39, 0.29) is 10.3 Å². The summed E-state index contributed by atoms with van der Waals surface area (Å²) in [5, 5.41) is 4.21. The fourth-order valence-electron chi connectivity index (χ4n) is 3.62. The Morgan fingerprint density at radius 1 is 0.946 bits per heavy atom. The number of hydrazone groups is 1. The van der Waals surface area contributed by atoms with Crippen LogP contribution in [0.15, 0.2) is 82.8 Å². The highest BCUT2D eigenvalue weighted by Gasteiger charge is 2.27. The number of nitrogens with zero attached hydrogens (tertiary/aromatic N) is 2. The number of ether oxygens (including phenoxy) is 1. The Bertz CT molecular complexity index is 1340. The molecule has 8 heteroatoms. The summed E-state index contributed by atoms with van der Waals surface area (Å²) in [6.45, 7) is 12.0. The van der Waals surface area contributed by atoms with Crippen LogP contribution in [0, 0.1) is 6.92 Å². The summed E-state index contributed by atoms with van der Waals surface area (Å²) in [6.07, 6.45) is 0. The Morgan fingerprint density at radius 2 is 1.54 bits per heavy atom. The van der Waals surface area contributed by atoms with Crippen molar-refractivity contribution in [1.29, 1.82) is 0 Å². The first-order valence-corrected chi connectivity index (χ1v) is 13.6. The Balaban J connectivity index is 1.84. The van der Waals surface area contributed by atoms with Gasteiger partial charge in [0.2, 0.25) is 0 Å². The van der Waals surface area contributed by atoms with E-state index >= 15 is 0 Å². The largest absolute Gasteiger partial charge is 0.494 e. The van der Waals surface area contributed by atoms with E-state index in [9.17, 15) is 13.2 Å². The van der Waals surface area contributed by atoms with Crippen molar-refractivity contribution in [2.75, 3.05) is 17.5 Å². The lowest BCUT2D eigenvalue weighted by atomic mass is 9.86. The van der Waals surface area contributed by atoms with Crippen LogP contribution in [0.1, 0.15) is 51.3 Å². The third-order valence-electron chi connectivity index (χ3n) is 5.85. The van der Waals surface area contributed by atoms with Gasteiger partial charge in [-0.2, -0.15) is 5.10 Å². The topological polar surface area (TPSA) is 88.1 Å². The van der Waals surface area contributed by atoms with Gasteiger partial charge in [-0.3, -0.25) is 9.10 Å². The molecule has 3 aromatic rings. The summed E-state index contributed by atoms with van der Waals surface area (Å²) < 4.78 is 33.6. The van der Waals surface area contributed by atoms with Gasteiger partial charge in [0.15, 0.2) is 0 Å². The molecule has 7 nitrogen and oxygen atoms in total. The van der Waals surface area contributed by atoms with Crippen molar-refractivity contribution < 1.29 is 17.9 Å². The van der Waals surface area contributed by atoms with Crippen molar-refractivity contribution in [3.63, 3.8) is 0 Å². The summed E-state index contributed by atoms with van der Waals surface area (Å²) >= 11 is 0. The van der Waals surface area contributed by atoms with Crippen molar-refractivity contribution in [2.45, 2.75) is 51.9 Å². The number of hydrogen-bond acceptors (Lipinski definition) is 5. The number of amides is 1. The Labute approximate surface area is 220 Å². The Morgan fingerprint density at radius 3 is 2.08 bits per heavy atom. The number of sulfonamides is 1. The minimum Gasteiger partial charge on any atom is -0.494 e. The molecule has 0 aromatic heterocycles. The second-order valence-corrected chi connectivity index (χ2v) is 11.7. The highest BCUT2D eigenvalue weighted by atomic mass is 32.2. The molecule has 0 heterocycles. The van der Waals surface area contributed by atoms with Gasteiger partial charge in [0.25, 0.3) is 15.9 Å². The minimum absolute atomic E-state index is 0.0328. The Kier molecular flexibility index (Phi) is 8.76. The van der Waals surface area contributed by atoms with Crippen LogP contribution in [0.2, 0.25) is 0 Å². The number of rotatable bonds is 9. The van der Waals surface area contributed by atoms with Crippen LogP contribution in [-0.2, 0) is 20.2 Å². The average molecular weight is 522 g/mol. The smallest absolute Gasteiger partial charge is 0.264 e. The van der Waals surface area contributed by atoms with Gasteiger partial charge in [0.05, 0.1) is 22.9 Å². The molecule has 0 bridgehead atoms. The van der Waals surface area contributed by atoms with Crippen LogP contribution in [-0.4, -0.2) is 33.2 Å². The van der Waals surface area contributed by atoms with Gasteiger partial charge in [-0.15, -0.1) is 0 Å². The Hall–Kier alpha value is -3.65. The third kappa shape index (κ3) is 7.20. The van der Waals surface area contributed by atoms with Crippen molar-refractivity contribution in [3.05, 3.63) is 89.5 Å². The van der Waals surface area contributed by atoms with E-state index in [1.807, 2.05) is 38.1 Å². The van der Waals surface area contributed by atoms with Crippen LogP contribution in [0.3, 0.4) is 0 Å². The van der Waals surface area contributed by atoms with Crippen LogP contribution >= 0.6 is 0 Å². The van der Waals surface area contributed by atoms with E-state index in [1.165, 1.54) is 17.7 Å². The number of carbonyl (C=O) groups excluding carboxylic acids is 1. The molecule has 196 valence electrons. The highest BCUT2D eigenvalue weighted by Crippen LogP contribution is 2.26. The molecular weight excluding hydrogens is 486 g/mol. The summed E-state index contributed by atoms with van der Waals surface area (Å²) in [4.78, 5) is 13.0. The van der Waals surface area contributed by atoms with Gasteiger partial charge in [-0.1, -0.05) is 62.7 Å². The van der Waals surface area contributed by atoms with E-state index in [0.29, 0.717) is 23.8 Å². The van der Waals surface area contributed by atoms with Crippen molar-refractivity contribution in [1.82, 2.24) is 5.43 Å². The SMILES string of the molecule is CCOc1ccc(N(CC(=O)N/N=C(/C)c2ccc(C(C)(C)C)cc2)S(=O)(=O)c2ccc(C)cc2)cc1. The number of hydrogen-bond donors (Lipinski definition) is 1. The predicted molar refractivity (Wildman–Crippen MR) is 149 cm³/mol. The number of aryl methyl sites for hydroxylation is 1. The molecule has 0 saturated carbocycles. The van der Waals surface area contributed by atoms with Crippen molar-refractivity contribution in [2.24, 2.45) is 5.10 Å². The summed E-state index contributed by atoms with van der Waals surface area (Å²) in [7, 11) is -4.02. The normalized spacial score (nSPS) is 12.2. The van der Waals surface area contributed by atoms with E-state index < -0.39 is 22.5 Å². The first kappa shape index (κ1) is 27.9. The maximum atomic E-state index is 13.5. The number of anilines is 1. The van der Waals surface area contributed by atoms with Gasteiger partial charge < -0.3 is 4.74 Å². The average Bonchev–Trinajstić information content (AvgIpc) is 2.86.